The Kier molecular flexibility index (Phi) is 9.75. The molecule has 42 heavy (non-hydrogen) atoms. The van der Waals surface area contributed by atoms with Crippen LogP contribution in [0.4, 0.5) is 26.3 Å². The van der Waals surface area contributed by atoms with Crippen LogP contribution >= 0.6 is 23.4 Å². The first-order chi connectivity index (χ1) is 19.7. The minimum absolute atomic E-state index is 0.0660. The molecule has 16 heteroatoms. The van der Waals surface area contributed by atoms with E-state index in [0.29, 0.717) is 23.4 Å². The number of thioether (sulfide) groups is 1. The van der Waals surface area contributed by atoms with E-state index in [-0.39, 0.29) is 34.5 Å². The number of ether oxygens (including phenoxy) is 1. The molecule has 0 saturated carbocycles. The minimum atomic E-state index is -5.27. The van der Waals surface area contributed by atoms with E-state index in [0.717, 1.165) is 43.2 Å². The molecule has 0 atom stereocenters. The topological polar surface area (TPSA) is 76.9 Å². The molecule has 0 amide bonds. The second kappa shape index (κ2) is 12.9. The van der Waals surface area contributed by atoms with E-state index in [2.05, 4.69) is 14.7 Å². The van der Waals surface area contributed by atoms with Crippen molar-refractivity contribution in [2.45, 2.75) is 29.8 Å². The van der Waals surface area contributed by atoms with Gasteiger partial charge in [-0.3, -0.25) is 9.69 Å². The van der Waals surface area contributed by atoms with Gasteiger partial charge in [0.25, 0.3) is 5.56 Å². The number of likely N-dealkylation sites (N-methyl/N-ethyl adjacent to an activating group) is 1. The Bertz CT molecular complexity index is 1480. The van der Waals surface area contributed by atoms with Crippen molar-refractivity contribution in [3.05, 3.63) is 80.7 Å². The van der Waals surface area contributed by atoms with Gasteiger partial charge in [-0.2, -0.15) is 36.1 Å². The van der Waals surface area contributed by atoms with Gasteiger partial charge in [0, 0.05) is 38.5 Å². The van der Waals surface area contributed by atoms with Crippen LogP contribution in [-0.2, 0) is 23.3 Å². The third kappa shape index (κ3) is 8.40. The first-order valence-electron chi connectivity index (χ1n) is 12.3. The normalized spacial score (nSPS) is 15.0. The summed E-state index contributed by atoms with van der Waals surface area (Å²) in [6.07, 6.45) is -8.90. The number of alkyl halides is 6. The van der Waals surface area contributed by atoms with Crippen LogP contribution < -0.4 is 15.1 Å². The quantitative estimate of drug-likeness (QED) is 0.188. The van der Waals surface area contributed by atoms with Gasteiger partial charge in [-0.25, -0.2) is 4.79 Å². The van der Waals surface area contributed by atoms with Crippen molar-refractivity contribution in [1.29, 1.82) is 0 Å². The number of nitrogens with zero attached hydrogens (tertiary/aromatic N) is 4. The van der Waals surface area contributed by atoms with E-state index in [9.17, 15) is 35.9 Å². The van der Waals surface area contributed by atoms with Gasteiger partial charge in [-0.15, -0.1) is 0 Å². The fourth-order valence-electron chi connectivity index (χ4n) is 3.84. The summed E-state index contributed by atoms with van der Waals surface area (Å²) < 4.78 is 84.2. The minimum Gasteiger partial charge on any atom is -0.457 e. The van der Waals surface area contributed by atoms with Crippen molar-refractivity contribution in [2.75, 3.05) is 33.2 Å². The molecule has 2 aromatic carbocycles. The molecular weight excluding hydrogens is 614 g/mol. The molecule has 1 aromatic heterocycles. The summed E-state index contributed by atoms with van der Waals surface area (Å²) in [5, 5.41) is -0.747. The zero-order valence-electron chi connectivity index (χ0n) is 21.8. The average Bonchev–Trinajstić information content (AvgIpc) is 2.91. The fourth-order valence-corrected chi connectivity index (χ4v) is 4.92. The van der Waals surface area contributed by atoms with Crippen molar-refractivity contribution in [1.82, 2.24) is 19.5 Å². The van der Waals surface area contributed by atoms with Gasteiger partial charge in [-0.1, -0.05) is 35.5 Å². The molecule has 4 rings (SSSR count). The monoisotopic (exact) mass is 636 g/mol. The first-order valence-corrected chi connectivity index (χ1v) is 13.6. The summed E-state index contributed by atoms with van der Waals surface area (Å²) in [5.41, 5.74) is -1.05. The highest BCUT2D eigenvalue weighted by Gasteiger charge is 2.42. The summed E-state index contributed by atoms with van der Waals surface area (Å²) in [6, 6.07) is 9.19. The molecule has 0 aliphatic carbocycles. The predicted molar refractivity (Wildman–Crippen MR) is 141 cm³/mol. The number of carbonyl (C=O) groups excluding carboxylic acids is 1. The molecule has 0 bridgehead atoms. The number of rotatable bonds is 8. The molecule has 8 nitrogen and oxygen atoms in total. The van der Waals surface area contributed by atoms with E-state index in [1.54, 1.807) is 12.1 Å². The van der Waals surface area contributed by atoms with Crippen LogP contribution in [0.5, 0.6) is 11.5 Å². The molecule has 226 valence electrons. The standard InChI is InChI=1S/C26H23ClF6N4O4S/c1-35-8-10-36(11-9-35)13-17-14-37(41-23(39)26(31,32)33)24(34-22(17)38)42-15-16-2-4-18(5-3-16)40-19-6-7-21(27)20(12-19)25(28,29)30/h2-7,12,14H,8-11,13,15H2,1H3. The number of hydrogen-bond acceptors (Lipinski definition) is 8. The lowest BCUT2D eigenvalue weighted by Gasteiger charge is -2.32. The van der Waals surface area contributed by atoms with Gasteiger partial charge < -0.3 is 14.5 Å². The van der Waals surface area contributed by atoms with Crippen molar-refractivity contribution in [3.8, 4) is 11.5 Å². The largest absolute Gasteiger partial charge is 0.493 e. The summed E-state index contributed by atoms with van der Waals surface area (Å²) in [5.74, 6) is -2.27. The Morgan fingerprint density at radius 2 is 1.64 bits per heavy atom. The lowest BCUT2D eigenvalue weighted by molar-refractivity contribution is -0.201. The van der Waals surface area contributed by atoms with Crippen LogP contribution in [0.15, 0.2) is 58.6 Å². The van der Waals surface area contributed by atoms with Gasteiger partial charge in [0.1, 0.15) is 11.5 Å². The van der Waals surface area contributed by atoms with Crippen LogP contribution in [0.1, 0.15) is 16.7 Å². The molecule has 2 heterocycles. The predicted octanol–water partition coefficient (Wildman–Crippen LogP) is 5.27. The van der Waals surface area contributed by atoms with Gasteiger partial charge in [-0.05, 0) is 42.9 Å². The molecular formula is C26H23ClF6N4O4S. The van der Waals surface area contributed by atoms with Crippen molar-refractivity contribution < 1.29 is 40.7 Å². The second-order valence-electron chi connectivity index (χ2n) is 9.31. The van der Waals surface area contributed by atoms with E-state index in [1.807, 2.05) is 11.9 Å². The molecule has 1 saturated heterocycles. The van der Waals surface area contributed by atoms with Crippen LogP contribution in [0, 0.1) is 0 Å². The molecule has 1 aliphatic heterocycles. The average molecular weight is 637 g/mol. The van der Waals surface area contributed by atoms with Crippen molar-refractivity contribution >= 4 is 29.3 Å². The Morgan fingerprint density at radius 1 is 1.00 bits per heavy atom. The number of halogens is 7. The summed E-state index contributed by atoms with van der Waals surface area (Å²) in [7, 11) is 1.95. The van der Waals surface area contributed by atoms with Crippen LogP contribution in [0.3, 0.4) is 0 Å². The van der Waals surface area contributed by atoms with Crippen molar-refractivity contribution in [2.24, 2.45) is 0 Å². The van der Waals surface area contributed by atoms with Crippen LogP contribution in [-0.4, -0.2) is 64.9 Å². The zero-order chi connectivity index (χ0) is 30.7. The third-order valence-corrected chi connectivity index (χ3v) is 7.44. The van der Waals surface area contributed by atoms with Crippen LogP contribution in [0.2, 0.25) is 5.02 Å². The maximum Gasteiger partial charge on any atom is 0.493 e. The van der Waals surface area contributed by atoms with Crippen LogP contribution in [0.25, 0.3) is 0 Å². The SMILES string of the molecule is CN1CCN(Cc2cn(OC(=O)C(F)(F)F)c(SCc3ccc(Oc4ccc(Cl)c(C(F)(F)F)c4)cc3)nc2=O)CC1. The Balaban J connectivity index is 1.48. The van der Waals surface area contributed by atoms with Gasteiger partial charge in [0.05, 0.1) is 22.3 Å². The zero-order valence-corrected chi connectivity index (χ0v) is 23.4. The van der Waals surface area contributed by atoms with Gasteiger partial charge in [0.15, 0.2) is 0 Å². The number of benzene rings is 2. The molecule has 0 spiro atoms. The fraction of sp³-hybridized carbons (Fsp3) is 0.346. The highest BCUT2D eigenvalue weighted by molar-refractivity contribution is 7.98. The van der Waals surface area contributed by atoms with E-state index >= 15 is 0 Å². The Labute approximate surface area is 244 Å². The van der Waals surface area contributed by atoms with Gasteiger partial charge in [0.2, 0.25) is 5.16 Å². The highest BCUT2D eigenvalue weighted by atomic mass is 35.5. The van der Waals surface area contributed by atoms with E-state index in [1.165, 1.54) is 18.2 Å². The van der Waals surface area contributed by atoms with Gasteiger partial charge >= 0.3 is 18.3 Å². The number of hydrogen-bond donors (Lipinski definition) is 0. The molecule has 3 aromatic rings. The lowest BCUT2D eigenvalue weighted by Crippen LogP contribution is -2.44. The summed E-state index contributed by atoms with van der Waals surface area (Å²) >= 11 is 6.47. The van der Waals surface area contributed by atoms with E-state index < -0.39 is 34.5 Å². The smallest absolute Gasteiger partial charge is 0.457 e. The number of aromatic nitrogens is 2. The van der Waals surface area contributed by atoms with Crippen molar-refractivity contribution in [3.63, 3.8) is 0 Å². The number of piperazine rings is 1. The molecule has 1 aliphatic rings. The second-order valence-corrected chi connectivity index (χ2v) is 10.7. The summed E-state index contributed by atoms with van der Waals surface area (Å²) in [4.78, 5) is 36.7. The molecule has 0 radical (unpaired) electrons. The first kappa shape index (κ1) is 31.7. The highest BCUT2D eigenvalue weighted by Crippen LogP contribution is 2.37. The maximum absolute atomic E-state index is 13.1. The third-order valence-electron chi connectivity index (χ3n) is 6.11. The van der Waals surface area contributed by atoms with E-state index in [4.69, 9.17) is 16.3 Å². The number of carbonyl (C=O) groups is 1. The lowest BCUT2D eigenvalue weighted by atomic mass is 10.2. The molecule has 1 fully saturated rings. The molecule has 0 N–H and O–H groups in total. The Hall–Kier alpha value is -3.27. The summed E-state index contributed by atoms with van der Waals surface area (Å²) in [6.45, 7) is 2.88. The molecule has 0 unspecified atom stereocenters. The Morgan fingerprint density at radius 3 is 2.26 bits per heavy atom. The maximum atomic E-state index is 13.1.